The second-order valence-corrected chi connectivity index (χ2v) is 5.51. The largest absolute Gasteiger partial charge is 0.322 e. The number of carbonyl (C=O) groups is 1. The van der Waals surface area contributed by atoms with E-state index in [1.165, 1.54) is 12.1 Å². The predicted molar refractivity (Wildman–Crippen MR) is 85.9 cm³/mol. The van der Waals surface area contributed by atoms with Crippen molar-refractivity contribution in [2.24, 2.45) is 0 Å². The van der Waals surface area contributed by atoms with Gasteiger partial charge in [-0.05, 0) is 42.4 Å². The summed E-state index contributed by atoms with van der Waals surface area (Å²) in [4.78, 5) is 12.1. The highest BCUT2D eigenvalue weighted by atomic mass is 79.9. The van der Waals surface area contributed by atoms with Crippen molar-refractivity contribution in [3.63, 3.8) is 0 Å². The van der Waals surface area contributed by atoms with Gasteiger partial charge >= 0.3 is 0 Å². The SMILES string of the molecule is CCNCc1cccc(NC(=O)c2cc(F)cc(Br)c2)c1. The summed E-state index contributed by atoms with van der Waals surface area (Å²) in [5.41, 5.74) is 2.05. The van der Waals surface area contributed by atoms with Gasteiger partial charge in [-0.3, -0.25) is 4.79 Å². The molecule has 2 aromatic carbocycles. The zero-order chi connectivity index (χ0) is 15.2. The second-order valence-electron chi connectivity index (χ2n) is 4.59. The molecule has 0 aliphatic heterocycles. The molecule has 0 aromatic heterocycles. The number of hydrogen-bond donors (Lipinski definition) is 2. The maximum Gasteiger partial charge on any atom is 0.255 e. The molecule has 21 heavy (non-hydrogen) atoms. The lowest BCUT2D eigenvalue weighted by molar-refractivity contribution is 0.102. The van der Waals surface area contributed by atoms with Crippen molar-refractivity contribution in [1.29, 1.82) is 0 Å². The molecule has 110 valence electrons. The van der Waals surface area contributed by atoms with Crippen LogP contribution in [0, 0.1) is 5.82 Å². The van der Waals surface area contributed by atoms with Gasteiger partial charge in [0.15, 0.2) is 0 Å². The third-order valence-electron chi connectivity index (χ3n) is 2.89. The molecule has 0 saturated carbocycles. The van der Waals surface area contributed by atoms with Gasteiger partial charge in [0.05, 0.1) is 0 Å². The van der Waals surface area contributed by atoms with Crippen molar-refractivity contribution in [3.8, 4) is 0 Å². The Balaban J connectivity index is 2.11. The fourth-order valence-electron chi connectivity index (χ4n) is 1.92. The molecule has 0 atom stereocenters. The van der Waals surface area contributed by atoms with Gasteiger partial charge in [0.2, 0.25) is 0 Å². The molecule has 2 rings (SSSR count). The van der Waals surface area contributed by atoms with E-state index in [-0.39, 0.29) is 11.5 Å². The van der Waals surface area contributed by atoms with Crippen LogP contribution in [0.2, 0.25) is 0 Å². The molecule has 0 radical (unpaired) electrons. The molecule has 0 unspecified atom stereocenters. The zero-order valence-electron chi connectivity index (χ0n) is 11.6. The van der Waals surface area contributed by atoms with Gasteiger partial charge in [-0.1, -0.05) is 35.0 Å². The van der Waals surface area contributed by atoms with Gasteiger partial charge in [-0.2, -0.15) is 0 Å². The lowest BCUT2D eigenvalue weighted by Crippen LogP contribution is -2.14. The molecule has 3 nitrogen and oxygen atoms in total. The van der Waals surface area contributed by atoms with Crippen LogP contribution in [-0.2, 0) is 6.54 Å². The number of hydrogen-bond acceptors (Lipinski definition) is 2. The summed E-state index contributed by atoms with van der Waals surface area (Å²) in [6.07, 6.45) is 0. The Hall–Kier alpha value is -1.72. The molecule has 0 fully saturated rings. The molecular formula is C16H16BrFN2O. The van der Waals surface area contributed by atoms with E-state index < -0.39 is 5.82 Å². The first-order valence-corrected chi connectivity index (χ1v) is 7.45. The summed E-state index contributed by atoms with van der Waals surface area (Å²) >= 11 is 3.18. The molecular weight excluding hydrogens is 335 g/mol. The van der Waals surface area contributed by atoms with Crippen LogP contribution in [-0.4, -0.2) is 12.5 Å². The van der Waals surface area contributed by atoms with Crippen molar-refractivity contribution in [2.45, 2.75) is 13.5 Å². The minimum Gasteiger partial charge on any atom is -0.322 e. The molecule has 0 aliphatic carbocycles. The quantitative estimate of drug-likeness (QED) is 0.857. The van der Waals surface area contributed by atoms with Crippen LogP contribution in [0.3, 0.4) is 0 Å². The van der Waals surface area contributed by atoms with Crippen molar-refractivity contribution in [2.75, 3.05) is 11.9 Å². The summed E-state index contributed by atoms with van der Waals surface area (Å²) in [6, 6.07) is 11.7. The smallest absolute Gasteiger partial charge is 0.255 e. The summed E-state index contributed by atoms with van der Waals surface area (Å²) in [5, 5.41) is 6.00. The molecule has 2 N–H and O–H groups in total. The van der Waals surface area contributed by atoms with E-state index in [1.54, 1.807) is 6.07 Å². The van der Waals surface area contributed by atoms with E-state index in [9.17, 15) is 9.18 Å². The lowest BCUT2D eigenvalue weighted by Gasteiger charge is -2.08. The van der Waals surface area contributed by atoms with E-state index in [0.717, 1.165) is 18.7 Å². The second kappa shape index (κ2) is 7.33. The van der Waals surface area contributed by atoms with Crippen LogP contribution in [0.25, 0.3) is 0 Å². The van der Waals surface area contributed by atoms with Crippen molar-refractivity contribution in [3.05, 3.63) is 63.9 Å². The van der Waals surface area contributed by atoms with E-state index >= 15 is 0 Å². The van der Waals surface area contributed by atoms with Crippen LogP contribution < -0.4 is 10.6 Å². The van der Waals surface area contributed by atoms with Crippen LogP contribution >= 0.6 is 15.9 Å². The van der Waals surface area contributed by atoms with Crippen molar-refractivity contribution in [1.82, 2.24) is 5.32 Å². The third kappa shape index (κ3) is 4.65. The van der Waals surface area contributed by atoms with Crippen molar-refractivity contribution < 1.29 is 9.18 Å². The first-order valence-electron chi connectivity index (χ1n) is 6.65. The molecule has 1 amide bonds. The molecule has 0 aliphatic rings. The Kier molecular flexibility index (Phi) is 5.47. The molecule has 2 aromatic rings. The first kappa shape index (κ1) is 15.7. The Morgan fingerprint density at radius 2 is 2.05 bits per heavy atom. The summed E-state index contributed by atoms with van der Waals surface area (Å²) in [6.45, 7) is 3.66. The highest BCUT2D eigenvalue weighted by Gasteiger charge is 2.09. The fourth-order valence-corrected chi connectivity index (χ4v) is 2.38. The summed E-state index contributed by atoms with van der Waals surface area (Å²) in [5.74, 6) is -0.786. The number of benzene rings is 2. The number of carbonyl (C=O) groups excluding carboxylic acids is 1. The first-order chi connectivity index (χ1) is 10.1. The van der Waals surface area contributed by atoms with Crippen LogP contribution in [0.4, 0.5) is 10.1 Å². The molecule has 0 spiro atoms. The van der Waals surface area contributed by atoms with Gasteiger partial charge in [-0.15, -0.1) is 0 Å². The third-order valence-corrected chi connectivity index (χ3v) is 3.35. The predicted octanol–water partition coefficient (Wildman–Crippen LogP) is 3.95. The molecule has 0 saturated heterocycles. The Bertz CT molecular complexity index is 626. The summed E-state index contributed by atoms with van der Waals surface area (Å²) in [7, 11) is 0. The number of anilines is 1. The van der Waals surface area contributed by atoms with Crippen LogP contribution in [0.15, 0.2) is 46.9 Å². The number of nitrogens with one attached hydrogen (secondary N) is 2. The number of halogens is 2. The minimum absolute atomic E-state index is 0.277. The lowest BCUT2D eigenvalue weighted by atomic mass is 10.1. The highest BCUT2D eigenvalue weighted by molar-refractivity contribution is 9.10. The average molecular weight is 351 g/mol. The topological polar surface area (TPSA) is 41.1 Å². The Morgan fingerprint density at radius 3 is 2.76 bits per heavy atom. The number of amides is 1. The van der Waals surface area contributed by atoms with Crippen LogP contribution in [0.5, 0.6) is 0 Å². The van der Waals surface area contributed by atoms with Gasteiger partial charge in [0, 0.05) is 22.3 Å². The van der Waals surface area contributed by atoms with Crippen LogP contribution in [0.1, 0.15) is 22.8 Å². The number of rotatable bonds is 5. The van der Waals surface area contributed by atoms with Crippen molar-refractivity contribution >= 4 is 27.5 Å². The Labute approximate surface area is 131 Å². The fraction of sp³-hybridized carbons (Fsp3) is 0.188. The van der Waals surface area contributed by atoms with E-state index in [1.807, 2.05) is 31.2 Å². The molecule has 5 heteroatoms. The average Bonchev–Trinajstić information content (AvgIpc) is 2.44. The maximum absolute atomic E-state index is 13.3. The van der Waals surface area contributed by atoms with E-state index in [0.29, 0.717) is 10.2 Å². The highest BCUT2D eigenvalue weighted by Crippen LogP contribution is 2.17. The molecule has 0 bridgehead atoms. The standard InChI is InChI=1S/C16H16BrFN2O/c1-2-19-10-11-4-3-5-15(6-11)20-16(21)12-7-13(17)9-14(18)8-12/h3-9,19H,2,10H2,1H3,(H,20,21). The molecule has 0 heterocycles. The monoisotopic (exact) mass is 350 g/mol. The van der Waals surface area contributed by atoms with E-state index in [2.05, 4.69) is 26.6 Å². The Morgan fingerprint density at radius 1 is 1.24 bits per heavy atom. The van der Waals surface area contributed by atoms with Gasteiger partial charge < -0.3 is 10.6 Å². The van der Waals surface area contributed by atoms with E-state index in [4.69, 9.17) is 0 Å². The maximum atomic E-state index is 13.3. The van der Waals surface area contributed by atoms with Gasteiger partial charge in [0.1, 0.15) is 5.82 Å². The summed E-state index contributed by atoms with van der Waals surface area (Å²) < 4.78 is 13.8. The zero-order valence-corrected chi connectivity index (χ0v) is 13.2. The normalized spacial score (nSPS) is 10.4. The minimum atomic E-state index is -0.449. The van der Waals surface area contributed by atoms with Gasteiger partial charge in [0.25, 0.3) is 5.91 Å². The van der Waals surface area contributed by atoms with Gasteiger partial charge in [-0.25, -0.2) is 4.39 Å².